The molecule has 0 bridgehead atoms. The van der Waals surface area contributed by atoms with Crippen LogP contribution in [0.5, 0.6) is 0 Å². The van der Waals surface area contributed by atoms with Crippen molar-refractivity contribution in [1.29, 1.82) is 0 Å². The Morgan fingerprint density at radius 3 is 2.31 bits per heavy atom. The Morgan fingerprint density at radius 2 is 1.65 bits per heavy atom. The van der Waals surface area contributed by atoms with Gasteiger partial charge in [-0.05, 0) is 66.8 Å². The van der Waals surface area contributed by atoms with Crippen molar-refractivity contribution in [2.45, 2.75) is 38.0 Å². The van der Waals surface area contributed by atoms with Crippen molar-refractivity contribution >= 4 is 21.6 Å². The maximum Gasteiger partial charge on any atom is 0.255 e. The summed E-state index contributed by atoms with van der Waals surface area (Å²) in [5, 5.41) is 2.84. The molecule has 0 unspecified atom stereocenters. The van der Waals surface area contributed by atoms with Gasteiger partial charge in [0.25, 0.3) is 5.91 Å². The lowest BCUT2D eigenvalue weighted by molar-refractivity contribution is 0.102. The quantitative estimate of drug-likeness (QED) is 0.844. The molecule has 2 aromatic rings. The third-order valence-electron chi connectivity index (χ3n) is 4.82. The van der Waals surface area contributed by atoms with Gasteiger partial charge in [-0.3, -0.25) is 4.79 Å². The van der Waals surface area contributed by atoms with Gasteiger partial charge >= 0.3 is 0 Å². The fourth-order valence-electron chi connectivity index (χ4n) is 3.34. The molecular weight excluding hydrogens is 348 g/mol. The van der Waals surface area contributed by atoms with Crippen molar-refractivity contribution in [2.24, 2.45) is 0 Å². The van der Waals surface area contributed by atoms with Gasteiger partial charge in [-0.25, -0.2) is 8.42 Å². The van der Waals surface area contributed by atoms with E-state index in [1.807, 2.05) is 32.0 Å². The van der Waals surface area contributed by atoms with Crippen molar-refractivity contribution in [3.05, 3.63) is 59.2 Å². The van der Waals surface area contributed by atoms with Crippen LogP contribution in [0.3, 0.4) is 0 Å². The predicted molar refractivity (Wildman–Crippen MR) is 103 cm³/mol. The van der Waals surface area contributed by atoms with Gasteiger partial charge < -0.3 is 5.32 Å². The molecule has 1 aliphatic rings. The van der Waals surface area contributed by atoms with Crippen molar-refractivity contribution in [3.8, 4) is 0 Å². The zero-order valence-corrected chi connectivity index (χ0v) is 16.0. The van der Waals surface area contributed by atoms with Gasteiger partial charge in [0.05, 0.1) is 4.90 Å². The topological polar surface area (TPSA) is 66.5 Å². The number of amides is 1. The summed E-state index contributed by atoms with van der Waals surface area (Å²) in [7, 11) is -3.48. The molecule has 0 fully saturated rings. The first kappa shape index (κ1) is 18.6. The summed E-state index contributed by atoms with van der Waals surface area (Å²) in [5.41, 5.74) is 3.78. The zero-order valence-electron chi connectivity index (χ0n) is 15.2. The van der Waals surface area contributed by atoms with Crippen molar-refractivity contribution in [1.82, 2.24) is 4.31 Å². The first-order valence-electron chi connectivity index (χ1n) is 8.99. The number of sulfonamides is 1. The van der Waals surface area contributed by atoms with Crippen LogP contribution in [-0.4, -0.2) is 31.7 Å². The van der Waals surface area contributed by atoms with Crippen LogP contribution in [0.25, 0.3) is 0 Å². The smallest absolute Gasteiger partial charge is 0.255 e. The zero-order chi connectivity index (χ0) is 18.7. The first-order chi connectivity index (χ1) is 12.5. The molecule has 2 aromatic carbocycles. The summed E-state index contributed by atoms with van der Waals surface area (Å²) in [5.74, 6) is -0.181. The second kappa shape index (κ2) is 7.60. The molecule has 0 atom stereocenters. The number of anilines is 1. The Hall–Kier alpha value is -2.18. The van der Waals surface area contributed by atoms with Crippen LogP contribution in [0.2, 0.25) is 0 Å². The molecule has 3 rings (SSSR count). The van der Waals surface area contributed by atoms with E-state index in [-0.39, 0.29) is 10.8 Å². The Labute approximate surface area is 155 Å². The molecule has 0 radical (unpaired) electrons. The molecule has 138 valence electrons. The highest BCUT2D eigenvalue weighted by Crippen LogP contribution is 2.24. The highest BCUT2D eigenvalue weighted by atomic mass is 32.2. The second-order valence-corrected chi connectivity index (χ2v) is 8.34. The number of carbonyl (C=O) groups excluding carboxylic acids is 1. The maximum atomic E-state index is 12.5. The third kappa shape index (κ3) is 3.66. The first-order valence-corrected chi connectivity index (χ1v) is 10.4. The van der Waals surface area contributed by atoms with Crippen LogP contribution in [-0.2, 0) is 22.9 Å². The molecule has 0 aliphatic heterocycles. The van der Waals surface area contributed by atoms with Crippen LogP contribution < -0.4 is 5.32 Å². The molecule has 0 saturated carbocycles. The van der Waals surface area contributed by atoms with E-state index in [0.717, 1.165) is 19.3 Å². The number of nitrogens with zero attached hydrogens (tertiary/aromatic N) is 1. The lowest BCUT2D eigenvalue weighted by Gasteiger charge is -2.18. The molecule has 0 heterocycles. The Bertz CT molecular complexity index is 901. The van der Waals surface area contributed by atoms with Gasteiger partial charge in [-0.1, -0.05) is 19.9 Å². The molecule has 0 aromatic heterocycles. The van der Waals surface area contributed by atoms with Gasteiger partial charge in [-0.2, -0.15) is 4.31 Å². The number of rotatable bonds is 6. The van der Waals surface area contributed by atoms with Crippen LogP contribution in [0.4, 0.5) is 5.69 Å². The minimum absolute atomic E-state index is 0.181. The predicted octanol–water partition coefficient (Wildman–Crippen LogP) is 3.46. The van der Waals surface area contributed by atoms with Gasteiger partial charge in [-0.15, -0.1) is 0 Å². The van der Waals surface area contributed by atoms with Crippen molar-refractivity contribution < 1.29 is 13.2 Å². The second-order valence-electron chi connectivity index (χ2n) is 6.40. The fraction of sp³-hybridized carbons (Fsp3) is 0.350. The van der Waals surface area contributed by atoms with Gasteiger partial charge in [0.1, 0.15) is 0 Å². The minimum atomic E-state index is -3.48. The maximum absolute atomic E-state index is 12.5. The summed E-state index contributed by atoms with van der Waals surface area (Å²) in [6.45, 7) is 4.48. The molecule has 6 heteroatoms. The van der Waals surface area contributed by atoms with E-state index in [1.54, 1.807) is 12.1 Å². The number of hydrogen-bond acceptors (Lipinski definition) is 3. The van der Waals surface area contributed by atoms with Gasteiger partial charge in [0.15, 0.2) is 0 Å². The molecule has 5 nitrogen and oxygen atoms in total. The molecule has 1 N–H and O–H groups in total. The lowest BCUT2D eigenvalue weighted by Crippen LogP contribution is -2.30. The van der Waals surface area contributed by atoms with Crippen LogP contribution >= 0.6 is 0 Å². The lowest BCUT2D eigenvalue weighted by atomic mass is 10.1. The van der Waals surface area contributed by atoms with E-state index >= 15 is 0 Å². The normalized spacial score (nSPS) is 13.7. The van der Waals surface area contributed by atoms with Crippen LogP contribution in [0, 0.1) is 0 Å². The number of nitrogens with one attached hydrogen (secondary N) is 1. The number of carbonyl (C=O) groups is 1. The fourth-order valence-corrected chi connectivity index (χ4v) is 4.80. The SMILES string of the molecule is CCN(CC)S(=O)(=O)c1ccc(NC(=O)c2ccc3c(c2)CCC3)cc1. The van der Waals surface area contributed by atoms with E-state index in [4.69, 9.17) is 0 Å². The van der Waals surface area contributed by atoms with Crippen LogP contribution in [0.1, 0.15) is 41.8 Å². The molecule has 0 saturated heterocycles. The summed E-state index contributed by atoms with van der Waals surface area (Å²) >= 11 is 0. The molecule has 1 amide bonds. The van der Waals surface area contributed by atoms with E-state index in [9.17, 15) is 13.2 Å². The summed E-state index contributed by atoms with van der Waals surface area (Å²) in [4.78, 5) is 12.7. The monoisotopic (exact) mass is 372 g/mol. The highest BCUT2D eigenvalue weighted by molar-refractivity contribution is 7.89. The van der Waals surface area contributed by atoms with Crippen LogP contribution in [0.15, 0.2) is 47.4 Å². The average Bonchev–Trinajstić information content (AvgIpc) is 3.10. The van der Waals surface area contributed by atoms with Gasteiger partial charge in [0, 0.05) is 24.3 Å². The average molecular weight is 372 g/mol. The summed E-state index contributed by atoms with van der Waals surface area (Å²) < 4.78 is 26.4. The van der Waals surface area contributed by atoms with E-state index in [1.165, 1.54) is 27.6 Å². The van der Waals surface area contributed by atoms with Crippen molar-refractivity contribution in [2.75, 3.05) is 18.4 Å². The molecule has 0 spiro atoms. The molecule has 1 aliphatic carbocycles. The van der Waals surface area contributed by atoms with E-state index in [0.29, 0.717) is 24.3 Å². The third-order valence-corrected chi connectivity index (χ3v) is 6.88. The number of aryl methyl sites for hydroxylation is 2. The summed E-state index contributed by atoms with van der Waals surface area (Å²) in [6, 6.07) is 12.1. The summed E-state index contributed by atoms with van der Waals surface area (Å²) in [6.07, 6.45) is 3.25. The Balaban J connectivity index is 1.74. The molecular formula is C20H24N2O3S. The highest BCUT2D eigenvalue weighted by Gasteiger charge is 2.21. The number of benzene rings is 2. The minimum Gasteiger partial charge on any atom is -0.322 e. The molecule has 26 heavy (non-hydrogen) atoms. The Morgan fingerprint density at radius 1 is 1.00 bits per heavy atom. The van der Waals surface area contributed by atoms with Crippen molar-refractivity contribution in [3.63, 3.8) is 0 Å². The standard InChI is InChI=1S/C20H24N2O3S/c1-3-22(4-2)26(24,25)19-12-10-18(11-13-19)21-20(23)17-9-8-15-6-5-7-16(15)14-17/h8-14H,3-7H2,1-2H3,(H,21,23). The van der Waals surface area contributed by atoms with E-state index < -0.39 is 10.0 Å². The number of fused-ring (bicyclic) bond motifs is 1. The van der Waals surface area contributed by atoms with Gasteiger partial charge in [0.2, 0.25) is 10.0 Å². The van der Waals surface area contributed by atoms with E-state index in [2.05, 4.69) is 5.32 Å². The largest absolute Gasteiger partial charge is 0.322 e. The Kier molecular flexibility index (Phi) is 5.44. The number of hydrogen-bond donors (Lipinski definition) is 1.